The summed E-state index contributed by atoms with van der Waals surface area (Å²) in [6, 6.07) is 15.4. The zero-order chi connectivity index (χ0) is 14.5. The molecule has 20 heavy (non-hydrogen) atoms. The van der Waals surface area contributed by atoms with Crippen molar-refractivity contribution in [2.75, 3.05) is 0 Å². The topological polar surface area (TPSA) is 26.3 Å². The van der Waals surface area contributed by atoms with Crippen LogP contribution in [0.15, 0.2) is 48.5 Å². The van der Waals surface area contributed by atoms with E-state index in [-0.39, 0.29) is 5.78 Å². The molecule has 2 rings (SSSR count). The Bertz CT molecular complexity index is 602. The summed E-state index contributed by atoms with van der Waals surface area (Å²) in [7, 11) is 0. The number of benzene rings is 2. The molecule has 0 radical (unpaired) electrons. The summed E-state index contributed by atoms with van der Waals surface area (Å²) >= 11 is 0. The van der Waals surface area contributed by atoms with Crippen LogP contribution in [-0.2, 0) is 0 Å². The van der Waals surface area contributed by atoms with Crippen LogP contribution in [0.5, 0.6) is 11.5 Å². The molecule has 0 spiro atoms. The summed E-state index contributed by atoms with van der Waals surface area (Å²) < 4.78 is 6.00. The van der Waals surface area contributed by atoms with Gasteiger partial charge < -0.3 is 4.74 Å². The third-order valence-corrected chi connectivity index (χ3v) is 3.55. The van der Waals surface area contributed by atoms with Gasteiger partial charge in [0.1, 0.15) is 11.5 Å². The lowest BCUT2D eigenvalue weighted by Crippen LogP contribution is -2.00. The van der Waals surface area contributed by atoms with Gasteiger partial charge in [0.05, 0.1) is 5.56 Å². The molecule has 0 bridgehead atoms. The number of hydrogen-bond acceptors (Lipinski definition) is 2. The highest BCUT2D eigenvalue weighted by Crippen LogP contribution is 2.33. The van der Waals surface area contributed by atoms with E-state index in [1.54, 1.807) is 13.0 Å². The van der Waals surface area contributed by atoms with Crippen molar-refractivity contribution in [3.05, 3.63) is 59.7 Å². The van der Waals surface area contributed by atoms with Gasteiger partial charge in [-0.3, -0.25) is 4.79 Å². The molecule has 104 valence electrons. The first-order valence-electron chi connectivity index (χ1n) is 7.00. The number of ketones is 1. The van der Waals surface area contributed by atoms with E-state index in [0.29, 0.717) is 17.2 Å². The zero-order valence-electron chi connectivity index (χ0n) is 12.2. The second kappa shape index (κ2) is 6.38. The number of para-hydroxylation sites is 2. The monoisotopic (exact) mass is 268 g/mol. The Morgan fingerprint density at radius 1 is 1.05 bits per heavy atom. The van der Waals surface area contributed by atoms with Gasteiger partial charge in [-0.15, -0.1) is 0 Å². The highest BCUT2D eigenvalue weighted by molar-refractivity contribution is 5.96. The normalized spacial score (nSPS) is 11.9. The summed E-state index contributed by atoms with van der Waals surface area (Å²) in [5.41, 5.74) is 1.79. The van der Waals surface area contributed by atoms with Gasteiger partial charge in [-0.2, -0.15) is 0 Å². The highest BCUT2D eigenvalue weighted by atomic mass is 16.5. The van der Waals surface area contributed by atoms with Crippen molar-refractivity contribution in [1.29, 1.82) is 0 Å². The van der Waals surface area contributed by atoms with E-state index in [0.717, 1.165) is 12.2 Å². The predicted molar refractivity (Wildman–Crippen MR) is 81.7 cm³/mol. The summed E-state index contributed by atoms with van der Waals surface area (Å²) in [4.78, 5) is 11.7. The quantitative estimate of drug-likeness (QED) is 0.697. The number of Topliss-reactive ketones (excluding diaryl/α,β-unsaturated/α-hetero) is 1. The lowest BCUT2D eigenvalue weighted by molar-refractivity contribution is 0.101. The van der Waals surface area contributed by atoms with Gasteiger partial charge in [0.25, 0.3) is 0 Å². The van der Waals surface area contributed by atoms with Crippen LogP contribution in [0.3, 0.4) is 0 Å². The molecule has 2 heteroatoms. The maximum atomic E-state index is 11.7. The number of ether oxygens (including phenoxy) is 1. The summed E-state index contributed by atoms with van der Waals surface area (Å²) in [6.07, 6.45) is 1.05. The average Bonchev–Trinajstić information content (AvgIpc) is 2.47. The van der Waals surface area contributed by atoms with Crippen LogP contribution in [0.2, 0.25) is 0 Å². The lowest BCUT2D eigenvalue weighted by Gasteiger charge is -2.16. The molecule has 0 saturated heterocycles. The number of carbonyl (C=O) groups is 1. The van der Waals surface area contributed by atoms with Crippen LogP contribution < -0.4 is 4.74 Å². The molecule has 0 saturated carbocycles. The molecule has 0 heterocycles. The Morgan fingerprint density at radius 2 is 1.65 bits per heavy atom. The maximum Gasteiger partial charge on any atom is 0.163 e. The van der Waals surface area contributed by atoms with Crippen molar-refractivity contribution < 1.29 is 9.53 Å². The van der Waals surface area contributed by atoms with Crippen molar-refractivity contribution >= 4 is 5.78 Å². The minimum absolute atomic E-state index is 0.0154. The average molecular weight is 268 g/mol. The summed E-state index contributed by atoms with van der Waals surface area (Å²) in [5, 5.41) is 0. The Hall–Kier alpha value is -2.09. The molecule has 0 aromatic heterocycles. The van der Waals surface area contributed by atoms with Crippen LogP contribution in [0.4, 0.5) is 0 Å². The van der Waals surface area contributed by atoms with Crippen molar-refractivity contribution in [3.8, 4) is 11.5 Å². The number of rotatable bonds is 5. The smallest absolute Gasteiger partial charge is 0.163 e. The number of carbonyl (C=O) groups excluding carboxylic acids is 1. The van der Waals surface area contributed by atoms with E-state index < -0.39 is 0 Å². The van der Waals surface area contributed by atoms with Crippen LogP contribution in [0.1, 0.15) is 49.0 Å². The Labute approximate surface area is 120 Å². The molecule has 1 atom stereocenters. The van der Waals surface area contributed by atoms with E-state index in [1.165, 1.54) is 5.56 Å². The molecule has 0 N–H and O–H groups in total. The molecule has 2 nitrogen and oxygen atoms in total. The largest absolute Gasteiger partial charge is 0.456 e. The molecule has 0 fully saturated rings. The van der Waals surface area contributed by atoms with E-state index >= 15 is 0 Å². The summed E-state index contributed by atoms with van der Waals surface area (Å²) in [6.45, 7) is 5.90. The van der Waals surface area contributed by atoms with Gasteiger partial charge in [0, 0.05) is 0 Å². The Morgan fingerprint density at radius 3 is 2.30 bits per heavy atom. The van der Waals surface area contributed by atoms with Gasteiger partial charge in [-0.1, -0.05) is 44.2 Å². The van der Waals surface area contributed by atoms with Crippen molar-refractivity contribution in [2.24, 2.45) is 0 Å². The van der Waals surface area contributed by atoms with Gasteiger partial charge >= 0.3 is 0 Å². The van der Waals surface area contributed by atoms with Crippen molar-refractivity contribution in [3.63, 3.8) is 0 Å². The minimum atomic E-state index is 0.0154. The first-order chi connectivity index (χ1) is 9.63. The minimum Gasteiger partial charge on any atom is -0.456 e. The first kappa shape index (κ1) is 14.3. The van der Waals surface area contributed by atoms with Gasteiger partial charge in [0.15, 0.2) is 5.78 Å². The van der Waals surface area contributed by atoms with Crippen LogP contribution in [0.25, 0.3) is 0 Å². The summed E-state index contributed by atoms with van der Waals surface area (Å²) in [5.74, 6) is 1.89. The molecule has 2 aromatic carbocycles. The highest BCUT2D eigenvalue weighted by Gasteiger charge is 2.13. The standard InChI is InChI=1S/C18H20O2/c1-4-13(2)15-9-5-7-11-17(15)20-18-12-8-6-10-16(18)14(3)19/h5-13H,4H2,1-3H3. The molecular weight excluding hydrogens is 248 g/mol. The van der Waals surface area contributed by atoms with E-state index in [2.05, 4.69) is 19.9 Å². The molecule has 1 unspecified atom stereocenters. The predicted octanol–water partition coefficient (Wildman–Crippen LogP) is 5.20. The maximum absolute atomic E-state index is 11.7. The van der Waals surface area contributed by atoms with E-state index in [9.17, 15) is 4.79 Å². The molecule has 0 aliphatic rings. The third-order valence-electron chi connectivity index (χ3n) is 3.55. The Balaban J connectivity index is 2.38. The molecule has 2 aromatic rings. The molecule has 0 amide bonds. The second-order valence-corrected chi connectivity index (χ2v) is 5.00. The third kappa shape index (κ3) is 3.08. The lowest BCUT2D eigenvalue weighted by atomic mass is 9.98. The van der Waals surface area contributed by atoms with Gasteiger partial charge in [-0.25, -0.2) is 0 Å². The van der Waals surface area contributed by atoms with E-state index in [4.69, 9.17) is 4.74 Å². The second-order valence-electron chi connectivity index (χ2n) is 5.00. The zero-order valence-corrected chi connectivity index (χ0v) is 12.2. The van der Waals surface area contributed by atoms with E-state index in [1.807, 2.05) is 36.4 Å². The van der Waals surface area contributed by atoms with Crippen LogP contribution in [-0.4, -0.2) is 5.78 Å². The SMILES string of the molecule is CCC(C)c1ccccc1Oc1ccccc1C(C)=O. The Kier molecular flexibility index (Phi) is 4.57. The molecule has 0 aliphatic carbocycles. The fourth-order valence-electron chi connectivity index (χ4n) is 2.17. The van der Waals surface area contributed by atoms with Gasteiger partial charge in [-0.05, 0) is 43.0 Å². The van der Waals surface area contributed by atoms with Crippen molar-refractivity contribution in [2.45, 2.75) is 33.1 Å². The molecule has 0 aliphatic heterocycles. The van der Waals surface area contributed by atoms with Crippen molar-refractivity contribution in [1.82, 2.24) is 0 Å². The molecular formula is C18H20O2. The fraction of sp³-hybridized carbons (Fsp3) is 0.278. The van der Waals surface area contributed by atoms with Gasteiger partial charge in [0.2, 0.25) is 0 Å². The number of hydrogen-bond donors (Lipinski definition) is 0. The first-order valence-corrected chi connectivity index (χ1v) is 7.00. The fourth-order valence-corrected chi connectivity index (χ4v) is 2.17. The van der Waals surface area contributed by atoms with Crippen LogP contribution in [0, 0.1) is 0 Å². The van der Waals surface area contributed by atoms with Crippen LogP contribution >= 0.6 is 0 Å².